The first-order valence-electron chi connectivity index (χ1n) is 9.51. The molecule has 0 spiro atoms. The van der Waals surface area contributed by atoms with Crippen molar-refractivity contribution in [3.8, 4) is 11.1 Å². The van der Waals surface area contributed by atoms with Gasteiger partial charge in [0.2, 0.25) is 5.91 Å². The quantitative estimate of drug-likeness (QED) is 0.825. The third-order valence-electron chi connectivity index (χ3n) is 4.86. The Hall–Kier alpha value is -2.66. The molecule has 0 aromatic heterocycles. The van der Waals surface area contributed by atoms with Gasteiger partial charge in [0.05, 0.1) is 6.54 Å². The van der Waals surface area contributed by atoms with E-state index in [1.165, 1.54) is 10.5 Å². The second-order valence-electron chi connectivity index (χ2n) is 6.94. The molecule has 27 heavy (non-hydrogen) atoms. The summed E-state index contributed by atoms with van der Waals surface area (Å²) in [7, 11) is 0. The van der Waals surface area contributed by atoms with Crippen molar-refractivity contribution in [1.82, 2.24) is 10.2 Å². The van der Waals surface area contributed by atoms with Crippen LogP contribution in [0.25, 0.3) is 11.1 Å². The summed E-state index contributed by atoms with van der Waals surface area (Å²) < 4.78 is 0. The number of hydrogen-bond acceptors (Lipinski definition) is 3. The fourth-order valence-electron chi connectivity index (χ4n) is 3.35. The molecule has 3 rings (SSSR count). The molecule has 2 aromatic rings. The van der Waals surface area contributed by atoms with E-state index in [0.717, 1.165) is 30.4 Å². The van der Waals surface area contributed by atoms with E-state index >= 15 is 0 Å². The number of carbonyl (C=O) groups is 2. The van der Waals surface area contributed by atoms with Gasteiger partial charge in [0.25, 0.3) is 5.91 Å². The highest BCUT2D eigenvalue weighted by Gasteiger charge is 2.26. The summed E-state index contributed by atoms with van der Waals surface area (Å²) in [6, 6.07) is 18.5. The minimum absolute atomic E-state index is 0.0138. The Morgan fingerprint density at radius 1 is 1.07 bits per heavy atom. The van der Waals surface area contributed by atoms with Crippen molar-refractivity contribution in [3.63, 3.8) is 0 Å². The van der Waals surface area contributed by atoms with Crippen LogP contribution in [0.1, 0.15) is 24.8 Å². The summed E-state index contributed by atoms with van der Waals surface area (Å²) in [6.45, 7) is 1.06. The fourth-order valence-corrected chi connectivity index (χ4v) is 3.35. The molecule has 2 amide bonds. The Kier molecular flexibility index (Phi) is 6.60. The van der Waals surface area contributed by atoms with E-state index < -0.39 is 6.10 Å². The van der Waals surface area contributed by atoms with Crippen molar-refractivity contribution in [3.05, 3.63) is 60.2 Å². The zero-order chi connectivity index (χ0) is 19.1. The van der Waals surface area contributed by atoms with Crippen LogP contribution in [0.15, 0.2) is 54.6 Å². The van der Waals surface area contributed by atoms with Crippen LogP contribution in [0.5, 0.6) is 0 Å². The molecule has 0 radical (unpaired) electrons. The molecule has 5 nitrogen and oxygen atoms in total. The predicted molar refractivity (Wildman–Crippen MR) is 105 cm³/mol. The molecule has 5 heteroatoms. The monoisotopic (exact) mass is 366 g/mol. The SMILES string of the molecule is O=C(CN1CCCCC(O)C1=O)NCCc1cccc(-c2ccccc2)c1. The van der Waals surface area contributed by atoms with Gasteiger partial charge >= 0.3 is 0 Å². The van der Waals surface area contributed by atoms with Crippen molar-refractivity contribution in [2.45, 2.75) is 31.8 Å². The molecule has 2 N–H and O–H groups in total. The second kappa shape index (κ2) is 9.33. The lowest BCUT2D eigenvalue weighted by Gasteiger charge is -2.21. The van der Waals surface area contributed by atoms with Crippen LogP contribution in [0, 0.1) is 0 Å². The summed E-state index contributed by atoms with van der Waals surface area (Å²) in [5.74, 6) is -0.519. The molecule has 1 aliphatic rings. The van der Waals surface area contributed by atoms with E-state index in [1.807, 2.05) is 30.3 Å². The molecule has 1 saturated heterocycles. The van der Waals surface area contributed by atoms with Gasteiger partial charge < -0.3 is 15.3 Å². The molecule has 1 aliphatic heterocycles. The van der Waals surface area contributed by atoms with Gasteiger partial charge in [-0.25, -0.2) is 0 Å². The number of hydrogen-bond donors (Lipinski definition) is 2. The number of aliphatic hydroxyl groups excluding tert-OH is 1. The number of aliphatic hydroxyl groups is 1. The summed E-state index contributed by atoms with van der Waals surface area (Å²) in [5.41, 5.74) is 3.48. The van der Waals surface area contributed by atoms with Crippen LogP contribution in [-0.2, 0) is 16.0 Å². The lowest BCUT2D eigenvalue weighted by molar-refractivity contribution is -0.142. The highest BCUT2D eigenvalue weighted by atomic mass is 16.3. The number of nitrogens with one attached hydrogen (secondary N) is 1. The van der Waals surface area contributed by atoms with E-state index in [4.69, 9.17) is 0 Å². The molecule has 0 aliphatic carbocycles. The van der Waals surface area contributed by atoms with Crippen LogP contribution in [0.3, 0.4) is 0 Å². The van der Waals surface area contributed by atoms with Crippen LogP contribution in [0.2, 0.25) is 0 Å². The molecule has 1 atom stereocenters. The van der Waals surface area contributed by atoms with Gasteiger partial charge in [-0.1, -0.05) is 54.6 Å². The minimum atomic E-state index is -0.971. The number of rotatable bonds is 6. The number of likely N-dealkylation sites (tertiary alicyclic amines) is 1. The molecule has 0 saturated carbocycles. The molecule has 1 fully saturated rings. The van der Waals surface area contributed by atoms with Gasteiger partial charge in [-0.15, -0.1) is 0 Å². The van der Waals surface area contributed by atoms with Crippen LogP contribution in [-0.4, -0.2) is 47.6 Å². The topological polar surface area (TPSA) is 69.6 Å². The maximum atomic E-state index is 12.2. The maximum Gasteiger partial charge on any atom is 0.251 e. The van der Waals surface area contributed by atoms with E-state index in [0.29, 0.717) is 19.5 Å². The van der Waals surface area contributed by atoms with Crippen LogP contribution < -0.4 is 5.32 Å². The normalized spacial score (nSPS) is 17.4. The predicted octanol–water partition coefficient (Wildman–Crippen LogP) is 2.39. The Balaban J connectivity index is 1.49. The van der Waals surface area contributed by atoms with Gasteiger partial charge in [-0.05, 0) is 42.4 Å². The molecule has 2 aromatic carbocycles. The summed E-state index contributed by atoms with van der Waals surface area (Å²) in [6.07, 6.45) is 1.86. The van der Waals surface area contributed by atoms with Gasteiger partial charge in [0.15, 0.2) is 0 Å². The number of nitrogens with zero attached hydrogens (tertiary/aromatic N) is 1. The van der Waals surface area contributed by atoms with Crippen LogP contribution in [0.4, 0.5) is 0 Å². The number of amides is 2. The number of benzene rings is 2. The first-order chi connectivity index (χ1) is 13.1. The smallest absolute Gasteiger partial charge is 0.251 e. The van der Waals surface area contributed by atoms with Crippen LogP contribution >= 0.6 is 0 Å². The lowest BCUT2D eigenvalue weighted by Crippen LogP contribution is -2.44. The third-order valence-corrected chi connectivity index (χ3v) is 4.86. The highest BCUT2D eigenvalue weighted by molar-refractivity contribution is 5.87. The zero-order valence-electron chi connectivity index (χ0n) is 15.4. The summed E-state index contributed by atoms with van der Waals surface area (Å²) in [4.78, 5) is 25.7. The van der Waals surface area contributed by atoms with E-state index in [9.17, 15) is 14.7 Å². The first-order valence-corrected chi connectivity index (χ1v) is 9.51. The first kappa shape index (κ1) is 19.1. The van der Waals surface area contributed by atoms with Crippen molar-refractivity contribution in [2.24, 2.45) is 0 Å². The van der Waals surface area contributed by atoms with Gasteiger partial charge in [0.1, 0.15) is 6.10 Å². The Morgan fingerprint density at radius 3 is 2.67 bits per heavy atom. The Labute approximate surface area is 160 Å². The fraction of sp³-hybridized carbons (Fsp3) is 0.364. The molecule has 1 unspecified atom stereocenters. The average Bonchev–Trinajstić information content (AvgIpc) is 2.85. The zero-order valence-corrected chi connectivity index (χ0v) is 15.4. The van der Waals surface area contributed by atoms with Gasteiger partial charge in [-0.2, -0.15) is 0 Å². The highest BCUT2D eigenvalue weighted by Crippen LogP contribution is 2.20. The van der Waals surface area contributed by atoms with Gasteiger partial charge in [-0.3, -0.25) is 9.59 Å². The molecular formula is C22H26N2O3. The van der Waals surface area contributed by atoms with E-state index in [2.05, 4.69) is 29.6 Å². The molecule has 1 heterocycles. The standard InChI is InChI=1S/C22H26N2O3/c25-20-11-4-5-14-24(22(20)27)16-21(26)23-13-12-17-7-6-10-19(15-17)18-8-2-1-3-9-18/h1-3,6-10,15,20,25H,4-5,11-14,16H2,(H,23,26). The van der Waals surface area contributed by atoms with E-state index in [1.54, 1.807) is 0 Å². The molecule has 0 bridgehead atoms. The Morgan fingerprint density at radius 2 is 1.85 bits per heavy atom. The molecular weight excluding hydrogens is 340 g/mol. The summed E-state index contributed by atoms with van der Waals surface area (Å²) >= 11 is 0. The van der Waals surface area contributed by atoms with Gasteiger partial charge in [0, 0.05) is 13.1 Å². The van der Waals surface area contributed by atoms with Crippen molar-refractivity contribution in [2.75, 3.05) is 19.6 Å². The number of carbonyl (C=O) groups excluding carboxylic acids is 2. The lowest BCUT2D eigenvalue weighted by atomic mass is 10.0. The van der Waals surface area contributed by atoms with Crippen molar-refractivity contribution >= 4 is 11.8 Å². The minimum Gasteiger partial charge on any atom is -0.383 e. The Bertz CT molecular complexity index is 776. The van der Waals surface area contributed by atoms with E-state index in [-0.39, 0.29) is 18.4 Å². The third kappa shape index (κ3) is 5.41. The van der Waals surface area contributed by atoms with Crippen molar-refractivity contribution in [1.29, 1.82) is 0 Å². The molecule has 142 valence electrons. The largest absolute Gasteiger partial charge is 0.383 e. The average molecular weight is 366 g/mol. The maximum absolute atomic E-state index is 12.2. The summed E-state index contributed by atoms with van der Waals surface area (Å²) in [5, 5.41) is 12.6. The second-order valence-corrected chi connectivity index (χ2v) is 6.94. The van der Waals surface area contributed by atoms with Crippen molar-refractivity contribution < 1.29 is 14.7 Å².